The zero-order valence-electron chi connectivity index (χ0n) is 9.47. The number of benzene rings is 1. The Hall–Kier alpha value is -1.12. The van der Waals surface area contributed by atoms with Crippen LogP contribution < -0.4 is 10.5 Å². The number of sulfonamides is 1. The van der Waals surface area contributed by atoms with Gasteiger partial charge >= 0.3 is 0 Å². The van der Waals surface area contributed by atoms with Crippen LogP contribution in [0, 0.1) is 0 Å². The molecule has 3 N–H and O–H groups in total. The molecule has 0 atom stereocenters. The molecule has 0 unspecified atom stereocenters. The summed E-state index contributed by atoms with van der Waals surface area (Å²) in [6.45, 7) is 0. The third kappa shape index (κ3) is 3.26. The summed E-state index contributed by atoms with van der Waals surface area (Å²) in [4.78, 5) is 3.83. The van der Waals surface area contributed by atoms with Crippen LogP contribution in [0.4, 0.5) is 11.4 Å². The van der Waals surface area contributed by atoms with Gasteiger partial charge in [-0.15, -0.1) is 0 Å². The maximum Gasteiger partial charge on any atom is 0.265 e. The van der Waals surface area contributed by atoms with Gasteiger partial charge in [0.2, 0.25) is 0 Å². The predicted octanol–water partition coefficient (Wildman–Crippen LogP) is 2.99. The molecule has 2 aromatic rings. The maximum atomic E-state index is 12.3. The average Bonchev–Trinajstić information content (AvgIpc) is 2.27. The molecule has 8 heteroatoms. The minimum atomic E-state index is -3.76. The molecule has 0 radical (unpaired) electrons. The van der Waals surface area contributed by atoms with Crippen molar-refractivity contribution >= 4 is 53.3 Å². The number of hydrogen-bond donors (Lipinski definition) is 2. The Kier molecular flexibility index (Phi) is 4.12. The van der Waals surface area contributed by atoms with E-state index in [1.54, 1.807) is 18.2 Å². The van der Waals surface area contributed by atoms with Crippen molar-refractivity contribution in [1.82, 2.24) is 4.98 Å². The molecule has 0 fully saturated rings. The lowest BCUT2D eigenvalue weighted by Crippen LogP contribution is -2.15. The highest BCUT2D eigenvalue weighted by Gasteiger charge is 2.21. The first kappa shape index (κ1) is 14.3. The third-order valence-corrected chi connectivity index (χ3v) is 5.08. The Morgan fingerprint density at radius 3 is 2.37 bits per heavy atom. The SMILES string of the molecule is Nc1cc(Br)cc(Br)c1S(=O)(=O)Nc1ccncc1. The Morgan fingerprint density at radius 2 is 1.79 bits per heavy atom. The van der Waals surface area contributed by atoms with Crippen molar-refractivity contribution in [1.29, 1.82) is 0 Å². The molecule has 2 rings (SSSR count). The molecule has 1 aromatic carbocycles. The fraction of sp³-hybridized carbons (Fsp3) is 0. The molecular weight excluding hydrogens is 398 g/mol. The van der Waals surface area contributed by atoms with Crippen LogP contribution >= 0.6 is 31.9 Å². The molecule has 1 aromatic heterocycles. The van der Waals surface area contributed by atoms with Gasteiger partial charge in [-0.1, -0.05) is 15.9 Å². The lowest BCUT2D eigenvalue weighted by molar-refractivity contribution is 0.601. The van der Waals surface area contributed by atoms with Crippen LogP contribution in [-0.4, -0.2) is 13.4 Å². The number of anilines is 2. The van der Waals surface area contributed by atoms with Gasteiger partial charge in [0.1, 0.15) is 4.90 Å². The van der Waals surface area contributed by atoms with Gasteiger partial charge in [0.15, 0.2) is 0 Å². The molecule has 100 valence electrons. The van der Waals surface area contributed by atoms with Crippen molar-refractivity contribution in [2.24, 2.45) is 0 Å². The molecule has 0 saturated carbocycles. The summed E-state index contributed by atoms with van der Waals surface area (Å²) >= 11 is 6.45. The molecular formula is C11H9Br2N3O2S. The molecule has 0 aliphatic rings. The number of hydrogen-bond acceptors (Lipinski definition) is 4. The molecule has 1 heterocycles. The summed E-state index contributed by atoms with van der Waals surface area (Å²) in [5.74, 6) is 0. The summed E-state index contributed by atoms with van der Waals surface area (Å²) in [7, 11) is -3.76. The largest absolute Gasteiger partial charge is 0.398 e. The van der Waals surface area contributed by atoms with Gasteiger partial charge in [-0.25, -0.2) is 8.42 Å². The second-order valence-electron chi connectivity index (χ2n) is 3.65. The highest BCUT2D eigenvalue weighted by atomic mass is 79.9. The number of nitrogens with two attached hydrogens (primary N) is 1. The average molecular weight is 407 g/mol. The second-order valence-corrected chi connectivity index (χ2v) is 7.04. The molecule has 0 amide bonds. The number of halogens is 2. The Balaban J connectivity index is 2.46. The van der Waals surface area contributed by atoms with E-state index in [1.807, 2.05) is 0 Å². The van der Waals surface area contributed by atoms with E-state index < -0.39 is 10.0 Å². The highest BCUT2D eigenvalue weighted by Crippen LogP contribution is 2.32. The molecule has 0 spiro atoms. The fourth-order valence-corrected chi connectivity index (χ4v) is 4.62. The molecule has 19 heavy (non-hydrogen) atoms. The van der Waals surface area contributed by atoms with E-state index in [4.69, 9.17) is 5.73 Å². The highest BCUT2D eigenvalue weighted by molar-refractivity contribution is 9.11. The first-order valence-corrected chi connectivity index (χ1v) is 8.14. The number of pyridine rings is 1. The van der Waals surface area contributed by atoms with Crippen molar-refractivity contribution in [2.75, 3.05) is 10.5 Å². The minimum absolute atomic E-state index is 0.00696. The van der Waals surface area contributed by atoms with E-state index in [1.165, 1.54) is 18.5 Å². The van der Waals surface area contributed by atoms with Crippen LogP contribution in [-0.2, 0) is 10.0 Å². The minimum Gasteiger partial charge on any atom is -0.398 e. The lowest BCUT2D eigenvalue weighted by atomic mass is 10.3. The topological polar surface area (TPSA) is 85.1 Å². The number of nitrogen functional groups attached to an aromatic ring is 1. The smallest absolute Gasteiger partial charge is 0.265 e. The van der Waals surface area contributed by atoms with Crippen molar-refractivity contribution in [2.45, 2.75) is 4.90 Å². The third-order valence-electron chi connectivity index (χ3n) is 2.24. The summed E-state index contributed by atoms with van der Waals surface area (Å²) in [5, 5.41) is 0. The van der Waals surface area contributed by atoms with Gasteiger partial charge in [0, 0.05) is 21.3 Å². The molecule has 0 saturated heterocycles. The van der Waals surface area contributed by atoms with Gasteiger partial charge in [0.25, 0.3) is 10.0 Å². The fourth-order valence-electron chi connectivity index (χ4n) is 1.49. The number of nitrogens with zero attached hydrogens (tertiary/aromatic N) is 1. The summed E-state index contributed by atoms with van der Waals surface area (Å²) in [5.41, 5.74) is 6.35. The predicted molar refractivity (Wildman–Crippen MR) is 81.3 cm³/mol. The Bertz CT molecular complexity index is 682. The quantitative estimate of drug-likeness (QED) is 0.767. The van der Waals surface area contributed by atoms with Crippen LogP contribution in [0.3, 0.4) is 0 Å². The van der Waals surface area contributed by atoms with Crippen molar-refractivity contribution in [3.63, 3.8) is 0 Å². The van der Waals surface area contributed by atoms with E-state index >= 15 is 0 Å². The lowest BCUT2D eigenvalue weighted by Gasteiger charge is -2.12. The summed E-state index contributed by atoms with van der Waals surface area (Å²) in [6.07, 6.45) is 3.00. The van der Waals surface area contributed by atoms with E-state index in [0.717, 1.165) is 0 Å². The maximum absolute atomic E-state index is 12.3. The van der Waals surface area contributed by atoms with E-state index in [2.05, 4.69) is 41.6 Å². The number of nitrogens with one attached hydrogen (secondary N) is 1. The van der Waals surface area contributed by atoms with E-state index in [9.17, 15) is 8.42 Å². The van der Waals surface area contributed by atoms with E-state index in [0.29, 0.717) is 14.6 Å². The van der Waals surface area contributed by atoms with E-state index in [-0.39, 0.29) is 10.6 Å². The van der Waals surface area contributed by atoms with Crippen LogP contribution in [0.5, 0.6) is 0 Å². The molecule has 0 aliphatic heterocycles. The number of rotatable bonds is 3. The molecule has 5 nitrogen and oxygen atoms in total. The van der Waals surface area contributed by atoms with Crippen molar-refractivity contribution in [3.8, 4) is 0 Å². The Labute approximate surface area is 127 Å². The summed E-state index contributed by atoms with van der Waals surface area (Å²) < 4.78 is 28.1. The second kappa shape index (κ2) is 5.48. The van der Waals surface area contributed by atoms with Gasteiger partial charge in [0.05, 0.1) is 11.4 Å². The monoisotopic (exact) mass is 405 g/mol. The van der Waals surface area contributed by atoms with Gasteiger partial charge in [-0.05, 0) is 40.2 Å². The van der Waals surface area contributed by atoms with Crippen LogP contribution in [0.2, 0.25) is 0 Å². The van der Waals surface area contributed by atoms with Gasteiger partial charge < -0.3 is 5.73 Å². The van der Waals surface area contributed by atoms with Crippen LogP contribution in [0.25, 0.3) is 0 Å². The van der Waals surface area contributed by atoms with Crippen LogP contribution in [0.15, 0.2) is 50.5 Å². The van der Waals surface area contributed by atoms with Crippen molar-refractivity contribution < 1.29 is 8.42 Å². The zero-order chi connectivity index (χ0) is 14.0. The van der Waals surface area contributed by atoms with Crippen LogP contribution in [0.1, 0.15) is 0 Å². The first-order valence-electron chi connectivity index (χ1n) is 5.07. The first-order chi connectivity index (χ1) is 8.90. The molecule has 0 bridgehead atoms. The standard InChI is InChI=1S/C11H9Br2N3O2S/c12-7-5-9(13)11(10(14)6-7)19(17,18)16-8-1-3-15-4-2-8/h1-6H,14H2,(H,15,16). The normalized spacial score (nSPS) is 11.3. The van der Waals surface area contributed by atoms with Crippen molar-refractivity contribution in [3.05, 3.63) is 45.6 Å². The Morgan fingerprint density at radius 1 is 1.16 bits per heavy atom. The van der Waals surface area contributed by atoms with Gasteiger partial charge in [-0.3, -0.25) is 9.71 Å². The zero-order valence-corrected chi connectivity index (χ0v) is 13.5. The number of aromatic nitrogens is 1. The summed E-state index contributed by atoms with van der Waals surface area (Å²) in [6, 6.07) is 6.27. The van der Waals surface area contributed by atoms with Gasteiger partial charge in [-0.2, -0.15) is 0 Å². The molecule has 0 aliphatic carbocycles.